The number of nitrogens with one attached hydrogen (secondary N) is 2. The summed E-state index contributed by atoms with van der Waals surface area (Å²) in [4.78, 5) is 16.6. The van der Waals surface area contributed by atoms with Gasteiger partial charge in [0.15, 0.2) is 11.5 Å². The first-order chi connectivity index (χ1) is 13.6. The third-order valence-corrected chi connectivity index (χ3v) is 4.77. The third kappa shape index (κ3) is 3.70. The highest BCUT2D eigenvalue weighted by molar-refractivity contribution is 9.10. The summed E-state index contributed by atoms with van der Waals surface area (Å²) >= 11 is 3.34. The number of benzene rings is 2. The number of anilines is 1. The van der Waals surface area contributed by atoms with Crippen molar-refractivity contribution in [2.24, 2.45) is 0 Å². The fourth-order valence-electron chi connectivity index (χ4n) is 2.84. The fourth-order valence-corrected chi connectivity index (χ4v) is 3.11. The Bertz CT molecular complexity index is 1090. The molecule has 8 heteroatoms. The van der Waals surface area contributed by atoms with Crippen LogP contribution in [0.1, 0.15) is 15.9 Å². The van der Waals surface area contributed by atoms with Crippen LogP contribution >= 0.6 is 15.9 Å². The van der Waals surface area contributed by atoms with E-state index < -0.39 is 0 Å². The second kappa shape index (κ2) is 7.74. The zero-order valence-electron chi connectivity index (χ0n) is 14.7. The molecule has 2 aromatic carbocycles. The van der Waals surface area contributed by atoms with Crippen molar-refractivity contribution in [1.29, 1.82) is 5.26 Å². The molecule has 0 saturated heterocycles. The number of carbonyl (C=O) groups excluding carboxylic acids is 1. The molecular formula is C20H15BrN4O3. The van der Waals surface area contributed by atoms with Crippen molar-refractivity contribution in [2.45, 2.75) is 0 Å². The molecule has 1 aliphatic heterocycles. The number of nitrogens with zero attached hydrogens (tertiary/aromatic N) is 2. The van der Waals surface area contributed by atoms with Gasteiger partial charge >= 0.3 is 0 Å². The summed E-state index contributed by atoms with van der Waals surface area (Å²) < 4.78 is 11.7. The average molecular weight is 439 g/mol. The summed E-state index contributed by atoms with van der Waals surface area (Å²) in [6, 6.07) is 14.6. The Hall–Kier alpha value is -3.31. The van der Waals surface area contributed by atoms with E-state index in [1.807, 2.05) is 18.2 Å². The van der Waals surface area contributed by atoms with E-state index in [1.54, 1.807) is 24.3 Å². The van der Waals surface area contributed by atoms with Crippen LogP contribution in [0.5, 0.6) is 11.5 Å². The molecule has 3 aromatic rings. The quantitative estimate of drug-likeness (QED) is 0.592. The summed E-state index contributed by atoms with van der Waals surface area (Å²) in [6.07, 6.45) is 0. The number of aromatic nitrogens is 1. The van der Waals surface area contributed by atoms with Crippen molar-refractivity contribution in [3.8, 4) is 17.6 Å². The topological polar surface area (TPSA) is 96.3 Å². The van der Waals surface area contributed by atoms with E-state index >= 15 is 0 Å². The van der Waals surface area contributed by atoms with Gasteiger partial charge in [0.05, 0.1) is 11.1 Å². The van der Waals surface area contributed by atoms with Crippen LogP contribution in [0.2, 0.25) is 0 Å². The lowest BCUT2D eigenvalue weighted by Gasteiger charge is -2.10. The summed E-state index contributed by atoms with van der Waals surface area (Å²) in [5.41, 5.74) is 1.70. The van der Waals surface area contributed by atoms with Gasteiger partial charge in [-0.15, -0.1) is 0 Å². The maximum Gasteiger partial charge on any atom is 0.251 e. The number of carbonyl (C=O) groups is 1. The number of hydrogen-bond acceptors (Lipinski definition) is 6. The summed E-state index contributed by atoms with van der Waals surface area (Å²) in [7, 11) is 0. The standard InChI is InChI=1S/C20H15BrN4O3/c21-15-3-1-12(2-4-15)20(26)24-6-5-23-19-14(10-22)7-13-8-17-18(28-11-27-17)9-16(13)25-19/h1-4,7-9H,5-6,11H2,(H,23,25)(H,24,26). The second-order valence-corrected chi connectivity index (χ2v) is 7.00. The zero-order chi connectivity index (χ0) is 19.5. The van der Waals surface area contributed by atoms with E-state index in [0.29, 0.717) is 47.1 Å². The Morgan fingerprint density at radius 3 is 2.64 bits per heavy atom. The molecule has 0 saturated carbocycles. The van der Waals surface area contributed by atoms with Gasteiger partial charge in [-0.3, -0.25) is 4.79 Å². The molecule has 0 bridgehead atoms. The molecule has 1 aromatic heterocycles. The van der Waals surface area contributed by atoms with Gasteiger partial charge in [-0.25, -0.2) is 4.98 Å². The Kier molecular flexibility index (Phi) is 5.00. The minimum Gasteiger partial charge on any atom is -0.454 e. The van der Waals surface area contributed by atoms with Gasteiger partial charge in [0.1, 0.15) is 11.9 Å². The number of halogens is 1. The molecule has 140 valence electrons. The van der Waals surface area contributed by atoms with Crippen molar-refractivity contribution < 1.29 is 14.3 Å². The lowest BCUT2D eigenvalue weighted by Crippen LogP contribution is -2.29. The van der Waals surface area contributed by atoms with Gasteiger partial charge in [-0.05, 0) is 36.4 Å². The van der Waals surface area contributed by atoms with Crippen molar-refractivity contribution in [3.63, 3.8) is 0 Å². The number of rotatable bonds is 5. The number of pyridine rings is 1. The maximum absolute atomic E-state index is 12.1. The van der Waals surface area contributed by atoms with Crippen LogP contribution < -0.4 is 20.1 Å². The highest BCUT2D eigenvalue weighted by atomic mass is 79.9. The largest absolute Gasteiger partial charge is 0.454 e. The van der Waals surface area contributed by atoms with Crippen molar-refractivity contribution in [2.75, 3.05) is 25.2 Å². The minimum absolute atomic E-state index is 0.158. The molecule has 4 rings (SSSR count). The van der Waals surface area contributed by atoms with Gasteiger partial charge < -0.3 is 20.1 Å². The van der Waals surface area contributed by atoms with Crippen molar-refractivity contribution in [3.05, 3.63) is 58.1 Å². The molecule has 28 heavy (non-hydrogen) atoms. The normalized spacial score (nSPS) is 11.9. The van der Waals surface area contributed by atoms with Gasteiger partial charge in [-0.2, -0.15) is 5.26 Å². The first kappa shape index (κ1) is 18.1. The number of amides is 1. The molecule has 0 atom stereocenters. The molecule has 0 fully saturated rings. The molecule has 2 heterocycles. The molecule has 2 N–H and O–H groups in total. The molecule has 1 amide bonds. The highest BCUT2D eigenvalue weighted by Gasteiger charge is 2.16. The van der Waals surface area contributed by atoms with E-state index in [2.05, 4.69) is 37.6 Å². The van der Waals surface area contributed by atoms with E-state index in [9.17, 15) is 10.1 Å². The molecule has 0 unspecified atom stereocenters. The van der Waals surface area contributed by atoms with E-state index in [-0.39, 0.29) is 12.7 Å². The summed E-state index contributed by atoms with van der Waals surface area (Å²) in [6.45, 7) is 1.00. The lowest BCUT2D eigenvalue weighted by molar-refractivity contribution is 0.0955. The smallest absolute Gasteiger partial charge is 0.251 e. The van der Waals surface area contributed by atoms with Crippen molar-refractivity contribution >= 4 is 38.6 Å². The Morgan fingerprint density at radius 2 is 1.89 bits per heavy atom. The SMILES string of the molecule is N#Cc1cc2cc3c(cc2nc1NCCNC(=O)c1ccc(Br)cc1)OCO3. The maximum atomic E-state index is 12.1. The first-order valence-corrected chi connectivity index (χ1v) is 9.35. The molecule has 0 radical (unpaired) electrons. The highest BCUT2D eigenvalue weighted by Crippen LogP contribution is 2.36. The Morgan fingerprint density at radius 1 is 1.14 bits per heavy atom. The fraction of sp³-hybridized carbons (Fsp3) is 0.150. The summed E-state index contributed by atoms with van der Waals surface area (Å²) in [5, 5.41) is 16.2. The minimum atomic E-state index is -0.158. The number of fused-ring (bicyclic) bond motifs is 2. The molecule has 1 aliphatic rings. The predicted molar refractivity (Wildman–Crippen MR) is 108 cm³/mol. The predicted octanol–water partition coefficient (Wildman–Crippen LogP) is 3.44. The van der Waals surface area contributed by atoms with Gasteiger partial charge in [0.2, 0.25) is 6.79 Å². The van der Waals surface area contributed by atoms with Crippen LogP contribution in [0.25, 0.3) is 10.9 Å². The van der Waals surface area contributed by atoms with Gasteiger partial charge in [-0.1, -0.05) is 15.9 Å². The molecular weight excluding hydrogens is 424 g/mol. The number of nitriles is 1. The number of hydrogen-bond donors (Lipinski definition) is 2. The van der Waals surface area contributed by atoms with Gasteiger partial charge in [0.25, 0.3) is 5.91 Å². The second-order valence-electron chi connectivity index (χ2n) is 6.08. The van der Waals surface area contributed by atoms with Crippen LogP contribution in [0.3, 0.4) is 0 Å². The van der Waals surface area contributed by atoms with E-state index in [0.717, 1.165) is 9.86 Å². The van der Waals surface area contributed by atoms with Crippen LogP contribution in [-0.2, 0) is 0 Å². The van der Waals surface area contributed by atoms with Crippen LogP contribution in [0, 0.1) is 11.3 Å². The lowest BCUT2D eigenvalue weighted by atomic mass is 10.1. The average Bonchev–Trinajstić information content (AvgIpc) is 3.16. The Labute approximate surface area is 169 Å². The monoisotopic (exact) mass is 438 g/mol. The zero-order valence-corrected chi connectivity index (χ0v) is 16.2. The summed E-state index contributed by atoms with van der Waals surface area (Å²) in [5.74, 6) is 1.59. The van der Waals surface area contributed by atoms with E-state index in [4.69, 9.17) is 9.47 Å². The van der Waals surface area contributed by atoms with Crippen LogP contribution in [-0.4, -0.2) is 30.8 Å². The van der Waals surface area contributed by atoms with Gasteiger partial charge in [0, 0.05) is 34.6 Å². The number of ether oxygens (including phenoxy) is 2. The first-order valence-electron chi connectivity index (χ1n) is 8.56. The molecule has 0 aliphatic carbocycles. The van der Waals surface area contributed by atoms with E-state index in [1.165, 1.54) is 0 Å². The third-order valence-electron chi connectivity index (χ3n) is 4.24. The van der Waals surface area contributed by atoms with Crippen LogP contribution in [0.4, 0.5) is 5.82 Å². The van der Waals surface area contributed by atoms with Crippen LogP contribution in [0.15, 0.2) is 46.9 Å². The molecule has 0 spiro atoms. The molecule has 7 nitrogen and oxygen atoms in total. The Balaban J connectivity index is 1.42. The van der Waals surface area contributed by atoms with Crippen molar-refractivity contribution in [1.82, 2.24) is 10.3 Å².